The van der Waals surface area contributed by atoms with Crippen molar-refractivity contribution >= 4 is 69.8 Å². The quantitative estimate of drug-likeness (QED) is 0.121. The Morgan fingerprint density at radius 2 is 2.29 bits per heavy atom. The molecule has 2 fully saturated rings. The Hall–Kier alpha value is -3.49. The number of aromatic nitrogens is 5. The fourth-order valence-corrected chi connectivity index (χ4v) is 6.89. The summed E-state index contributed by atoms with van der Waals surface area (Å²) >= 11 is 3.54. The van der Waals surface area contributed by atoms with Gasteiger partial charge in [0.2, 0.25) is 17.5 Å². The number of tetrazole rings is 1. The molecule has 0 saturated carbocycles. The first kappa shape index (κ1) is 24.6. The highest BCUT2D eigenvalue weighted by Gasteiger charge is 2.57. The van der Waals surface area contributed by atoms with E-state index in [1.54, 1.807) is 13.1 Å². The molecule has 2 unspecified atom stereocenters. The number of nitriles is 1. The number of carboxylic acid groups (broad SMARTS) is 1. The van der Waals surface area contributed by atoms with Gasteiger partial charge in [-0.25, -0.2) is 9.67 Å². The highest BCUT2D eigenvalue weighted by molar-refractivity contribution is 8.00. The first-order valence-electron chi connectivity index (χ1n) is 9.87. The van der Waals surface area contributed by atoms with Gasteiger partial charge in [-0.1, -0.05) is 11.8 Å². The number of aliphatic carboxylic acids is 1. The minimum Gasteiger partial charge on any atom is -0.481 e. The molecule has 0 aliphatic carbocycles. The number of carbonyl (C=O) groups is 4. The van der Waals surface area contributed by atoms with Crippen LogP contribution in [-0.2, 0) is 26.2 Å². The van der Waals surface area contributed by atoms with Crippen LogP contribution in [0, 0.1) is 16.7 Å². The number of anilines is 1. The molecule has 0 spiro atoms. The van der Waals surface area contributed by atoms with Gasteiger partial charge in [-0.3, -0.25) is 19.2 Å². The number of allylic oxidation sites excluding steroid dienone is 1. The van der Waals surface area contributed by atoms with Crippen LogP contribution in [0.1, 0.15) is 5.69 Å². The van der Waals surface area contributed by atoms with Crippen molar-refractivity contribution in [3.8, 4) is 6.07 Å². The molecule has 182 valence electrons. The van der Waals surface area contributed by atoms with Crippen LogP contribution in [0.2, 0.25) is 0 Å². The number of aryl methyl sites for hydroxylation is 1. The van der Waals surface area contributed by atoms with Gasteiger partial charge >= 0.3 is 5.97 Å². The SMILES string of the molecule is Cn1nnnc1SCC1(C(=O)O)CS[C@@H]2C(NC(=O)C(=CC#N)c3csc(NC=O)n3)C(=O)N2C1. The van der Waals surface area contributed by atoms with Crippen LogP contribution in [0.5, 0.6) is 0 Å². The first-order chi connectivity index (χ1) is 16.8. The number of hydrogen-bond donors (Lipinski definition) is 3. The largest absolute Gasteiger partial charge is 0.481 e. The van der Waals surface area contributed by atoms with E-state index in [1.807, 2.05) is 0 Å². The molecule has 4 heterocycles. The number of β-lactam (4-membered cyclic amide) rings is 1. The van der Waals surface area contributed by atoms with Gasteiger partial charge in [0.25, 0.3) is 5.91 Å². The number of thioether (sulfide) groups is 2. The average molecular weight is 536 g/mol. The third-order valence-electron chi connectivity index (χ3n) is 5.36. The fraction of sp³-hybridized carbons (Fsp3) is 0.389. The Labute approximate surface area is 210 Å². The molecule has 4 rings (SSSR count). The zero-order chi connectivity index (χ0) is 25.2. The zero-order valence-corrected chi connectivity index (χ0v) is 20.4. The van der Waals surface area contributed by atoms with Gasteiger partial charge in [0.15, 0.2) is 5.13 Å². The number of carboxylic acids is 1. The summed E-state index contributed by atoms with van der Waals surface area (Å²) < 4.78 is 1.44. The van der Waals surface area contributed by atoms with E-state index >= 15 is 0 Å². The number of fused-ring (bicyclic) bond motifs is 1. The predicted molar refractivity (Wildman–Crippen MR) is 125 cm³/mol. The molecule has 2 aliphatic heterocycles. The summed E-state index contributed by atoms with van der Waals surface area (Å²) in [5, 5.41) is 36.9. The van der Waals surface area contributed by atoms with E-state index in [9.17, 15) is 24.3 Å². The molecule has 0 radical (unpaired) electrons. The fourth-order valence-electron chi connectivity index (χ4n) is 3.51. The summed E-state index contributed by atoms with van der Waals surface area (Å²) in [7, 11) is 1.65. The summed E-state index contributed by atoms with van der Waals surface area (Å²) in [6.45, 7) is -0.0167. The van der Waals surface area contributed by atoms with Crippen molar-refractivity contribution in [2.75, 3.05) is 23.4 Å². The molecule has 17 heteroatoms. The van der Waals surface area contributed by atoms with Crippen molar-refractivity contribution in [3.05, 3.63) is 17.2 Å². The van der Waals surface area contributed by atoms with E-state index in [1.165, 1.54) is 38.5 Å². The molecule has 2 aliphatic rings. The molecule has 3 atom stereocenters. The highest BCUT2D eigenvalue weighted by atomic mass is 32.2. The first-order valence-corrected chi connectivity index (χ1v) is 12.8. The molecule has 2 saturated heterocycles. The molecule has 14 nitrogen and oxygen atoms in total. The normalized spacial score (nSPS) is 23.6. The van der Waals surface area contributed by atoms with E-state index in [4.69, 9.17) is 5.26 Å². The van der Waals surface area contributed by atoms with E-state index in [-0.39, 0.29) is 34.4 Å². The van der Waals surface area contributed by atoms with Crippen molar-refractivity contribution < 1.29 is 24.3 Å². The van der Waals surface area contributed by atoms with E-state index in [2.05, 4.69) is 31.1 Å². The van der Waals surface area contributed by atoms with Crippen molar-refractivity contribution in [1.82, 2.24) is 35.4 Å². The topological polar surface area (TPSA) is 196 Å². The maximum absolute atomic E-state index is 12.9. The number of nitrogens with one attached hydrogen (secondary N) is 2. The molecule has 2 aromatic rings. The van der Waals surface area contributed by atoms with E-state index in [0.29, 0.717) is 11.6 Å². The van der Waals surface area contributed by atoms with E-state index in [0.717, 1.165) is 17.4 Å². The Morgan fingerprint density at radius 3 is 2.94 bits per heavy atom. The van der Waals surface area contributed by atoms with Crippen LogP contribution in [0.15, 0.2) is 16.6 Å². The highest BCUT2D eigenvalue weighted by Crippen LogP contribution is 2.44. The lowest BCUT2D eigenvalue weighted by atomic mass is 9.89. The Balaban J connectivity index is 1.43. The summed E-state index contributed by atoms with van der Waals surface area (Å²) in [5.41, 5.74) is -1.08. The summed E-state index contributed by atoms with van der Waals surface area (Å²) in [6, 6.07) is 0.914. The summed E-state index contributed by atoms with van der Waals surface area (Å²) in [6.07, 6.45) is 1.45. The number of nitrogens with zero attached hydrogens (tertiary/aromatic N) is 7. The van der Waals surface area contributed by atoms with Gasteiger partial charge in [-0.05, 0) is 10.4 Å². The lowest BCUT2D eigenvalue weighted by molar-refractivity contribution is -0.157. The number of thiazole rings is 1. The molecular formula is C18H17N9O5S3. The Kier molecular flexibility index (Phi) is 7.05. The van der Waals surface area contributed by atoms with Gasteiger partial charge in [-0.15, -0.1) is 28.2 Å². The molecule has 2 aromatic heterocycles. The van der Waals surface area contributed by atoms with Gasteiger partial charge in [0, 0.05) is 36.6 Å². The second kappa shape index (κ2) is 10.0. The smallest absolute Gasteiger partial charge is 0.313 e. The van der Waals surface area contributed by atoms with Gasteiger partial charge in [-0.2, -0.15) is 5.26 Å². The molecule has 0 aromatic carbocycles. The predicted octanol–water partition coefficient (Wildman–Crippen LogP) is -0.595. The third kappa shape index (κ3) is 4.72. The Morgan fingerprint density at radius 1 is 1.49 bits per heavy atom. The Bertz CT molecular complexity index is 1250. The van der Waals surface area contributed by atoms with Gasteiger partial charge in [0.1, 0.15) is 16.8 Å². The van der Waals surface area contributed by atoms with Crippen LogP contribution < -0.4 is 10.6 Å². The average Bonchev–Trinajstić information content (AvgIpc) is 3.48. The standard InChI is InChI=1S/C18H17N9O5S3/c1-26-17(23-24-25-26)35-7-18(15(31)32)5-27-13(30)11(14(27)34-6-18)22-12(29)9(2-3-19)10-4-33-16(21-10)20-8-28/h2,4,8,11,14H,5-7H2,1H3,(H,22,29)(H,31,32)(H,20,21,28)/t11?,14-,18?/m1/s1. The second-order valence-corrected chi connectivity index (χ2v) is 10.5. The second-order valence-electron chi connectivity index (χ2n) is 7.57. The number of hydrogen-bond acceptors (Lipinski definition) is 12. The summed E-state index contributed by atoms with van der Waals surface area (Å²) in [4.78, 5) is 54.0. The lowest BCUT2D eigenvalue weighted by Crippen LogP contribution is -2.74. The maximum atomic E-state index is 12.9. The van der Waals surface area contributed by atoms with Crippen LogP contribution in [0.4, 0.5) is 5.13 Å². The van der Waals surface area contributed by atoms with Crippen LogP contribution >= 0.6 is 34.9 Å². The minimum absolute atomic E-state index is 0.0167. The van der Waals surface area contributed by atoms with Crippen LogP contribution in [0.3, 0.4) is 0 Å². The van der Waals surface area contributed by atoms with Crippen molar-refractivity contribution in [2.45, 2.75) is 16.6 Å². The van der Waals surface area contributed by atoms with Gasteiger partial charge < -0.3 is 20.6 Å². The van der Waals surface area contributed by atoms with Crippen LogP contribution in [0.25, 0.3) is 5.57 Å². The molecule has 3 amide bonds. The number of rotatable bonds is 9. The molecule has 3 N–H and O–H groups in total. The van der Waals surface area contributed by atoms with E-state index < -0.39 is 34.6 Å². The maximum Gasteiger partial charge on any atom is 0.313 e. The number of carbonyl (C=O) groups excluding carboxylic acids is 3. The zero-order valence-electron chi connectivity index (χ0n) is 17.9. The lowest BCUT2D eigenvalue weighted by Gasteiger charge is -2.53. The van der Waals surface area contributed by atoms with Crippen molar-refractivity contribution in [1.29, 1.82) is 5.26 Å². The molecular weight excluding hydrogens is 518 g/mol. The monoisotopic (exact) mass is 535 g/mol. The molecule has 0 bridgehead atoms. The molecule has 35 heavy (non-hydrogen) atoms. The van der Waals surface area contributed by atoms with Gasteiger partial charge in [0.05, 0.1) is 17.3 Å². The van der Waals surface area contributed by atoms with Crippen molar-refractivity contribution in [2.24, 2.45) is 12.5 Å². The van der Waals surface area contributed by atoms with Crippen molar-refractivity contribution in [3.63, 3.8) is 0 Å². The van der Waals surface area contributed by atoms with Crippen LogP contribution in [-0.4, -0.2) is 88.9 Å². The minimum atomic E-state index is -1.21. The third-order valence-corrected chi connectivity index (χ3v) is 9.02. The number of amides is 3. The summed E-state index contributed by atoms with van der Waals surface area (Å²) in [5.74, 6) is -1.74.